The van der Waals surface area contributed by atoms with Gasteiger partial charge in [0, 0.05) is 11.8 Å². The first-order valence-electron chi connectivity index (χ1n) is 10.5. The lowest BCUT2D eigenvalue weighted by atomic mass is 10.3. The highest BCUT2D eigenvalue weighted by atomic mass is 16.5. The highest BCUT2D eigenvalue weighted by Gasteiger charge is 2.18. The Bertz CT molecular complexity index is 1370. The fourth-order valence-corrected chi connectivity index (χ4v) is 3.18. The standard InChI is InChI=1S/C26H21N3O5/c1-18-16-22(30)25(28-29(18)19-10-4-2-5-11-19)26(32)33-17-24(31)27-21-14-8-9-15-23(21)34-20-12-6-3-7-13-20/h2-16H,17H2,1H3,(H,27,31). The van der Waals surface area contributed by atoms with Gasteiger partial charge in [-0.3, -0.25) is 9.59 Å². The van der Waals surface area contributed by atoms with Gasteiger partial charge in [0.15, 0.2) is 12.4 Å². The van der Waals surface area contributed by atoms with Gasteiger partial charge in [0.2, 0.25) is 11.1 Å². The second-order valence-corrected chi connectivity index (χ2v) is 7.28. The summed E-state index contributed by atoms with van der Waals surface area (Å²) in [5, 5.41) is 6.80. The first-order chi connectivity index (χ1) is 16.5. The number of aromatic nitrogens is 2. The maximum Gasteiger partial charge on any atom is 0.363 e. The fraction of sp³-hybridized carbons (Fsp3) is 0.0769. The number of carbonyl (C=O) groups is 2. The Labute approximate surface area is 195 Å². The number of amides is 1. The molecular weight excluding hydrogens is 434 g/mol. The minimum absolute atomic E-state index is 0.407. The highest BCUT2D eigenvalue weighted by molar-refractivity contribution is 5.95. The Morgan fingerprint density at radius 3 is 2.29 bits per heavy atom. The van der Waals surface area contributed by atoms with E-state index in [1.165, 1.54) is 10.7 Å². The summed E-state index contributed by atoms with van der Waals surface area (Å²) >= 11 is 0. The number of ether oxygens (including phenoxy) is 2. The van der Waals surface area contributed by atoms with E-state index < -0.39 is 29.6 Å². The van der Waals surface area contributed by atoms with Crippen molar-refractivity contribution in [2.45, 2.75) is 6.92 Å². The van der Waals surface area contributed by atoms with Crippen molar-refractivity contribution in [3.63, 3.8) is 0 Å². The molecule has 0 bridgehead atoms. The van der Waals surface area contributed by atoms with Crippen molar-refractivity contribution >= 4 is 17.6 Å². The molecular formula is C26H21N3O5. The van der Waals surface area contributed by atoms with Crippen LogP contribution in [0, 0.1) is 6.92 Å². The average molecular weight is 455 g/mol. The van der Waals surface area contributed by atoms with Crippen LogP contribution in [-0.4, -0.2) is 28.3 Å². The van der Waals surface area contributed by atoms with Crippen molar-refractivity contribution in [1.82, 2.24) is 9.78 Å². The number of aryl methyl sites for hydroxylation is 1. The second-order valence-electron chi connectivity index (χ2n) is 7.28. The van der Waals surface area contributed by atoms with Crippen LogP contribution in [0.1, 0.15) is 16.2 Å². The second kappa shape index (κ2) is 10.3. The van der Waals surface area contributed by atoms with E-state index in [4.69, 9.17) is 9.47 Å². The Morgan fingerprint density at radius 2 is 1.56 bits per heavy atom. The molecule has 0 unspecified atom stereocenters. The Balaban J connectivity index is 1.44. The Kier molecular flexibility index (Phi) is 6.78. The quantitative estimate of drug-likeness (QED) is 0.421. The van der Waals surface area contributed by atoms with Crippen LogP contribution in [0.25, 0.3) is 5.69 Å². The molecule has 3 aromatic carbocycles. The average Bonchev–Trinajstić information content (AvgIpc) is 2.85. The monoisotopic (exact) mass is 455 g/mol. The lowest BCUT2D eigenvalue weighted by Gasteiger charge is -2.13. The van der Waals surface area contributed by atoms with Crippen LogP contribution in [0.3, 0.4) is 0 Å². The molecule has 8 nitrogen and oxygen atoms in total. The number of para-hydroxylation sites is 4. The largest absolute Gasteiger partial charge is 0.455 e. The Hall–Kier alpha value is -4.72. The molecule has 0 atom stereocenters. The van der Waals surface area contributed by atoms with Crippen LogP contribution in [0.15, 0.2) is 95.8 Å². The van der Waals surface area contributed by atoms with Gasteiger partial charge in [-0.05, 0) is 43.3 Å². The number of hydrogen-bond donors (Lipinski definition) is 1. The van der Waals surface area contributed by atoms with Gasteiger partial charge >= 0.3 is 5.97 Å². The van der Waals surface area contributed by atoms with E-state index in [2.05, 4.69) is 10.4 Å². The smallest absolute Gasteiger partial charge is 0.363 e. The maximum atomic E-state index is 12.5. The summed E-state index contributed by atoms with van der Waals surface area (Å²) in [5.74, 6) is -0.540. The van der Waals surface area contributed by atoms with Crippen molar-refractivity contribution in [3.8, 4) is 17.2 Å². The van der Waals surface area contributed by atoms with Crippen LogP contribution in [0.5, 0.6) is 11.5 Å². The van der Waals surface area contributed by atoms with Crippen LogP contribution in [-0.2, 0) is 9.53 Å². The van der Waals surface area contributed by atoms with Gasteiger partial charge in [0.25, 0.3) is 5.91 Å². The van der Waals surface area contributed by atoms with Gasteiger partial charge in [0.05, 0.1) is 11.4 Å². The summed E-state index contributed by atoms with van der Waals surface area (Å²) in [5.41, 5.74) is 0.654. The van der Waals surface area contributed by atoms with Crippen molar-refractivity contribution in [2.24, 2.45) is 0 Å². The van der Waals surface area contributed by atoms with E-state index in [0.29, 0.717) is 28.6 Å². The molecule has 0 spiro atoms. The number of rotatable bonds is 7. The van der Waals surface area contributed by atoms with E-state index in [-0.39, 0.29) is 0 Å². The molecule has 0 aliphatic rings. The molecule has 4 rings (SSSR count). The summed E-state index contributed by atoms with van der Waals surface area (Å²) in [6.45, 7) is 1.11. The third-order valence-electron chi connectivity index (χ3n) is 4.77. The summed E-state index contributed by atoms with van der Waals surface area (Å²) in [4.78, 5) is 37.3. The van der Waals surface area contributed by atoms with Gasteiger partial charge in [-0.2, -0.15) is 5.10 Å². The number of carbonyl (C=O) groups excluding carboxylic acids is 2. The molecule has 170 valence electrons. The van der Waals surface area contributed by atoms with E-state index in [0.717, 1.165) is 0 Å². The predicted octanol–water partition coefficient (Wildman–Crippen LogP) is 4.13. The normalized spacial score (nSPS) is 10.4. The molecule has 1 aromatic heterocycles. The number of benzene rings is 3. The number of esters is 1. The third-order valence-corrected chi connectivity index (χ3v) is 4.77. The zero-order valence-electron chi connectivity index (χ0n) is 18.3. The lowest BCUT2D eigenvalue weighted by Crippen LogP contribution is -2.27. The van der Waals surface area contributed by atoms with Crippen molar-refractivity contribution in [3.05, 3.63) is 113 Å². The van der Waals surface area contributed by atoms with Crippen LogP contribution in [0.2, 0.25) is 0 Å². The van der Waals surface area contributed by atoms with Crippen LogP contribution in [0.4, 0.5) is 5.69 Å². The molecule has 0 aliphatic heterocycles. The van der Waals surface area contributed by atoms with Crippen molar-refractivity contribution in [2.75, 3.05) is 11.9 Å². The SMILES string of the molecule is Cc1cc(=O)c(C(=O)OCC(=O)Nc2ccccc2Oc2ccccc2)nn1-c1ccccc1. The number of hydrogen-bond acceptors (Lipinski definition) is 6. The molecule has 0 fully saturated rings. The predicted molar refractivity (Wildman–Crippen MR) is 126 cm³/mol. The van der Waals surface area contributed by atoms with Gasteiger partial charge in [-0.25, -0.2) is 9.48 Å². The fourth-order valence-electron chi connectivity index (χ4n) is 3.18. The molecule has 1 heterocycles. The van der Waals surface area contributed by atoms with Crippen molar-refractivity contribution < 1.29 is 19.1 Å². The van der Waals surface area contributed by atoms with Gasteiger partial charge < -0.3 is 14.8 Å². The number of anilines is 1. The van der Waals surface area contributed by atoms with Gasteiger partial charge in [-0.15, -0.1) is 0 Å². The maximum absolute atomic E-state index is 12.5. The highest BCUT2D eigenvalue weighted by Crippen LogP contribution is 2.29. The van der Waals surface area contributed by atoms with Crippen LogP contribution >= 0.6 is 0 Å². The molecule has 0 saturated heterocycles. The third kappa shape index (κ3) is 5.36. The van der Waals surface area contributed by atoms with E-state index in [9.17, 15) is 14.4 Å². The summed E-state index contributed by atoms with van der Waals surface area (Å²) in [6.07, 6.45) is 0. The summed E-state index contributed by atoms with van der Waals surface area (Å²) in [7, 11) is 0. The zero-order chi connectivity index (χ0) is 23.9. The minimum Gasteiger partial charge on any atom is -0.455 e. The first-order valence-corrected chi connectivity index (χ1v) is 10.5. The number of nitrogens with one attached hydrogen (secondary N) is 1. The molecule has 0 aliphatic carbocycles. The first kappa shape index (κ1) is 22.5. The summed E-state index contributed by atoms with van der Waals surface area (Å²) < 4.78 is 12.3. The molecule has 8 heteroatoms. The van der Waals surface area contributed by atoms with E-state index in [1.54, 1.807) is 55.5 Å². The molecule has 4 aromatic rings. The molecule has 1 amide bonds. The minimum atomic E-state index is -0.987. The zero-order valence-corrected chi connectivity index (χ0v) is 18.3. The topological polar surface area (TPSA) is 99.5 Å². The molecule has 34 heavy (non-hydrogen) atoms. The van der Waals surface area contributed by atoms with E-state index >= 15 is 0 Å². The lowest BCUT2D eigenvalue weighted by molar-refractivity contribution is -0.119. The molecule has 0 radical (unpaired) electrons. The van der Waals surface area contributed by atoms with Gasteiger partial charge in [0.1, 0.15) is 5.75 Å². The van der Waals surface area contributed by atoms with Crippen molar-refractivity contribution in [1.29, 1.82) is 0 Å². The van der Waals surface area contributed by atoms with Gasteiger partial charge in [-0.1, -0.05) is 48.5 Å². The summed E-state index contributed by atoms with van der Waals surface area (Å²) in [6, 6.07) is 26.4. The molecule has 0 saturated carbocycles. The van der Waals surface area contributed by atoms with E-state index in [1.807, 2.05) is 36.4 Å². The molecule has 1 N–H and O–H groups in total. The number of nitrogens with zero attached hydrogens (tertiary/aromatic N) is 2. The van der Waals surface area contributed by atoms with Crippen LogP contribution < -0.4 is 15.5 Å². The Morgan fingerprint density at radius 1 is 0.912 bits per heavy atom.